The van der Waals surface area contributed by atoms with Crippen molar-refractivity contribution in [3.05, 3.63) is 35.4 Å². The van der Waals surface area contributed by atoms with Gasteiger partial charge in [-0.1, -0.05) is 12.1 Å². The highest BCUT2D eigenvalue weighted by atomic mass is 16.5. The summed E-state index contributed by atoms with van der Waals surface area (Å²) in [6, 6.07) is 7.25. The third-order valence-corrected chi connectivity index (χ3v) is 3.30. The van der Waals surface area contributed by atoms with Crippen LogP contribution >= 0.6 is 0 Å². The van der Waals surface area contributed by atoms with Gasteiger partial charge in [0, 0.05) is 0 Å². The SMILES string of the molecule is COC(=O)c1ccc(/C=N\N2CC[NH+](C)CC2)cc1. The number of carbonyl (C=O) groups excluding carboxylic acids is 1. The Bertz CT molecular complexity index is 448. The molecule has 0 aliphatic carbocycles. The molecule has 1 N–H and O–H groups in total. The Morgan fingerprint density at radius 2 is 1.95 bits per heavy atom. The lowest BCUT2D eigenvalue weighted by Gasteiger charge is -2.27. The topological polar surface area (TPSA) is 46.3 Å². The third-order valence-electron chi connectivity index (χ3n) is 3.30. The molecule has 0 radical (unpaired) electrons. The van der Waals surface area contributed by atoms with Crippen molar-refractivity contribution in [2.24, 2.45) is 5.10 Å². The first-order valence-electron chi connectivity index (χ1n) is 6.47. The molecule has 0 saturated carbocycles. The molecule has 0 aromatic heterocycles. The summed E-state index contributed by atoms with van der Waals surface area (Å²) in [6.07, 6.45) is 1.84. The molecule has 2 rings (SSSR count). The minimum Gasteiger partial charge on any atom is -0.465 e. The van der Waals surface area contributed by atoms with E-state index in [2.05, 4.69) is 21.9 Å². The smallest absolute Gasteiger partial charge is 0.337 e. The average molecular weight is 262 g/mol. The van der Waals surface area contributed by atoms with Crippen LogP contribution in [0.2, 0.25) is 0 Å². The molecule has 0 amide bonds. The van der Waals surface area contributed by atoms with Crippen LogP contribution in [0.25, 0.3) is 0 Å². The first-order valence-corrected chi connectivity index (χ1v) is 6.47. The Labute approximate surface area is 113 Å². The number of piperazine rings is 1. The van der Waals surface area contributed by atoms with Crippen LogP contribution in [0.3, 0.4) is 0 Å². The summed E-state index contributed by atoms with van der Waals surface area (Å²) >= 11 is 0. The van der Waals surface area contributed by atoms with Crippen LogP contribution in [0.1, 0.15) is 15.9 Å². The van der Waals surface area contributed by atoms with Crippen molar-refractivity contribution in [2.45, 2.75) is 0 Å². The molecule has 19 heavy (non-hydrogen) atoms. The van der Waals surface area contributed by atoms with E-state index in [1.54, 1.807) is 17.0 Å². The van der Waals surface area contributed by atoms with Crippen molar-refractivity contribution in [2.75, 3.05) is 40.3 Å². The van der Waals surface area contributed by atoms with Crippen LogP contribution in [-0.4, -0.2) is 57.5 Å². The monoisotopic (exact) mass is 262 g/mol. The Hall–Kier alpha value is -1.88. The third kappa shape index (κ3) is 3.79. The molecule has 0 unspecified atom stereocenters. The van der Waals surface area contributed by atoms with E-state index in [0.29, 0.717) is 5.56 Å². The van der Waals surface area contributed by atoms with Gasteiger partial charge in [-0.05, 0) is 17.7 Å². The molecule has 0 bridgehead atoms. The number of likely N-dealkylation sites (N-methyl/N-ethyl adjacent to an activating group) is 1. The number of nitrogens with one attached hydrogen (secondary N) is 1. The highest BCUT2D eigenvalue weighted by Gasteiger charge is 2.13. The van der Waals surface area contributed by atoms with Crippen molar-refractivity contribution in [1.29, 1.82) is 0 Å². The number of quaternary nitrogens is 1. The van der Waals surface area contributed by atoms with E-state index >= 15 is 0 Å². The first kappa shape index (κ1) is 13.5. The summed E-state index contributed by atoms with van der Waals surface area (Å²) in [4.78, 5) is 12.8. The zero-order valence-electron chi connectivity index (χ0n) is 11.4. The van der Waals surface area contributed by atoms with E-state index in [-0.39, 0.29) is 5.97 Å². The van der Waals surface area contributed by atoms with Crippen LogP contribution in [0.4, 0.5) is 0 Å². The number of hydrogen-bond acceptors (Lipinski definition) is 4. The van der Waals surface area contributed by atoms with E-state index < -0.39 is 0 Å². The van der Waals surface area contributed by atoms with Crippen LogP contribution in [-0.2, 0) is 4.74 Å². The lowest BCUT2D eigenvalue weighted by molar-refractivity contribution is -0.884. The molecule has 1 heterocycles. The fourth-order valence-electron chi connectivity index (χ4n) is 1.96. The van der Waals surface area contributed by atoms with Crippen molar-refractivity contribution >= 4 is 12.2 Å². The number of rotatable bonds is 3. The van der Waals surface area contributed by atoms with Gasteiger partial charge >= 0.3 is 5.97 Å². The normalized spacial score (nSPS) is 16.8. The number of benzene rings is 1. The lowest BCUT2D eigenvalue weighted by atomic mass is 10.1. The van der Waals surface area contributed by atoms with Gasteiger partial charge in [0.25, 0.3) is 0 Å². The lowest BCUT2D eigenvalue weighted by Crippen LogP contribution is -3.11. The van der Waals surface area contributed by atoms with Gasteiger partial charge in [-0.2, -0.15) is 5.10 Å². The number of nitrogens with zero attached hydrogens (tertiary/aromatic N) is 2. The summed E-state index contributed by atoms with van der Waals surface area (Å²) < 4.78 is 4.66. The molecule has 102 valence electrons. The minimum atomic E-state index is -0.314. The van der Waals surface area contributed by atoms with Crippen LogP contribution in [0.5, 0.6) is 0 Å². The number of hydrazone groups is 1. The molecule has 1 aromatic carbocycles. The summed E-state index contributed by atoms with van der Waals surface area (Å²) in [7, 11) is 3.58. The second kappa shape index (κ2) is 6.33. The quantitative estimate of drug-likeness (QED) is 0.597. The Kier molecular flexibility index (Phi) is 4.52. The standard InChI is InChI=1S/C14H19N3O2/c1-16-7-9-17(10-8-16)15-11-12-3-5-13(6-4-12)14(18)19-2/h3-6,11H,7-10H2,1-2H3/p+1/b15-11-. The zero-order valence-corrected chi connectivity index (χ0v) is 11.4. The number of hydrogen-bond donors (Lipinski definition) is 1. The Morgan fingerprint density at radius 3 is 2.53 bits per heavy atom. The molecular weight excluding hydrogens is 242 g/mol. The maximum Gasteiger partial charge on any atom is 0.337 e. The minimum absolute atomic E-state index is 0.314. The number of esters is 1. The maximum absolute atomic E-state index is 11.3. The molecule has 5 heteroatoms. The van der Waals surface area contributed by atoms with Crippen molar-refractivity contribution in [3.8, 4) is 0 Å². The van der Waals surface area contributed by atoms with Crippen LogP contribution < -0.4 is 4.90 Å². The van der Waals surface area contributed by atoms with Gasteiger partial charge in [-0.3, -0.25) is 5.01 Å². The predicted molar refractivity (Wildman–Crippen MR) is 73.6 cm³/mol. The Morgan fingerprint density at radius 1 is 1.32 bits per heavy atom. The fraction of sp³-hybridized carbons (Fsp3) is 0.429. The van der Waals surface area contributed by atoms with Crippen LogP contribution in [0, 0.1) is 0 Å². The molecule has 1 saturated heterocycles. The number of ether oxygens (including phenoxy) is 1. The zero-order chi connectivity index (χ0) is 13.7. The first-order chi connectivity index (χ1) is 9.19. The van der Waals surface area contributed by atoms with Gasteiger partial charge in [0.2, 0.25) is 0 Å². The van der Waals surface area contributed by atoms with E-state index in [9.17, 15) is 4.79 Å². The molecule has 1 aromatic rings. The molecule has 0 atom stereocenters. The number of methoxy groups -OCH3 is 1. The Balaban J connectivity index is 1.94. The predicted octanol–water partition coefficient (Wildman–Crippen LogP) is -0.363. The van der Waals surface area contributed by atoms with Gasteiger partial charge in [-0.15, -0.1) is 0 Å². The summed E-state index contributed by atoms with van der Waals surface area (Å²) in [6.45, 7) is 4.22. The van der Waals surface area contributed by atoms with Gasteiger partial charge < -0.3 is 9.64 Å². The van der Waals surface area contributed by atoms with E-state index in [1.165, 1.54) is 7.11 Å². The highest BCUT2D eigenvalue weighted by molar-refractivity contribution is 5.90. The molecule has 0 spiro atoms. The van der Waals surface area contributed by atoms with E-state index in [1.807, 2.05) is 18.3 Å². The largest absolute Gasteiger partial charge is 0.465 e. The van der Waals surface area contributed by atoms with Crippen molar-refractivity contribution in [1.82, 2.24) is 5.01 Å². The number of carbonyl (C=O) groups is 1. The van der Waals surface area contributed by atoms with E-state index in [0.717, 1.165) is 31.7 Å². The molecule has 1 fully saturated rings. The second-order valence-electron chi connectivity index (χ2n) is 4.77. The maximum atomic E-state index is 11.3. The molecule has 1 aliphatic rings. The summed E-state index contributed by atoms with van der Waals surface area (Å²) in [5, 5.41) is 6.55. The van der Waals surface area contributed by atoms with Crippen molar-refractivity contribution < 1.29 is 14.4 Å². The average Bonchev–Trinajstić information content (AvgIpc) is 2.46. The van der Waals surface area contributed by atoms with Crippen LogP contribution in [0.15, 0.2) is 29.4 Å². The fourth-order valence-corrected chi connectivity index (χ4v) is 1.96. The molecule has 5 nitrogen and oxygen atoms in total. The van der Waals surface area contributed by atoms with Crippen molar-refractivity contribution in [3.63, 3.8) is 0 Å². The molecular formula is C14H20N3O2+. The van der Waals surface area contributed by atoms with Gasteiger partial charge in [0.1, 0.15) is 0 Å². The molecule has 1 aliphatic heterocycles. The van der Waals surface area contributed by atoms with Gasteiger partial charge in [-0.25, -0.2) is 4.79 Å². The highest BCUT2D eigenvalue weighted by Crippen LogP contribution is 2.04. The van der Waals surface area contributed by atoms with Gasteiger partial charge in [0.15, 0.2) is 0 Å². The summed E-state index contributed by atoms with van der Waals surface area (Å²) in [5.74, 6) is -0.314. The second-order valence-corrected chi connectivity index (χ2v) is 4.77. The summed E-state index contributed by atoms with van der Waals surface area (Å²) in [5.41, 5.74) is 1.54. The van der Waals surface area contributed by atoms with E-state index in [4.69, 9.17) is 0 Å². The van der Waals surface area contributed by atoms with Gasteiger partial charge in [0.05, 0.1) is 52.1 Å².